The molecule has 1 amide bonds. The number of carbonyl (C=O) groups is 2. The van der Waals surface area contributed by atoms with Gasteiger partial charge in [0.2, 0.25) is 0 Å². The first-order valence-corrected chi connectivity index (χ1v) is 10.6. The van der Waals surface area contributed by atoms with Gasteiger partial charge in [0.15, 0.2) is 0 Å². The molecule has 0 saturated carbocycles. The van der Waals surface area contributed by atoms with Crippen molar-refractivity contribution in [2.24, 2.45) is 0 Å². The number of ether oxygens (including phenoxy) is 2. The molecule has 1 unspecified atom stereocenters. The minimum atomic E-state index is -0.548. The minimum absolute atomic E-state index is 0.0612. The van der Waals surface area contributed by atoms with Gasteiger partial charge in [0, 0.05) is 38.2 Å². The summed E-state index contributed by atoms with van der Waals surface area (Å²) < 4.78 is 11.3. The highest BCUT2D eigenvalue weighted by atomic mass is 16.6. The molecule has 2 fully saturated rings. The van der Waals surface area contributed by atoms with Crippen LogP contribution in [0.1, 0.15) is 42.6 Å². The summed E-state index contributed by atoms with van der Waals surface area (Å²) in [7, 11) is 0. The summed E-state index contributed by atoms with van der Waals surface area (Å²) in [5, 5.41) is 0. The van der Waals surface area contributed by atoms with E-state index in [0.29, 0.717) is 18.7 Å². The molecule has 1 spiro atoms. The van der Waals surface area contributed by atoms with Gasteiger partial charge in [-0.15, -0.1) is 0 Å². The van der Waals surface area contributed by atoms with Gasteiger partial charge in [-0.25, -0.2) is 4.79 Å². The Morgan fingerprint density at radius 1 is 1.10 bits per heavy atom. The number of piperidine rings is 1. The number of rotatable bonds is 5. The average Bonchev–Trinajstić information content (AvgIpc) is 2.99. The van der Waals surface area contributed by atoms with Crippen molar-refractivity contribution in [3.05, 3.63) is 65.7 Å². The van der Waals surface area contributed by atoms with Crippen LogP contribution in [0.25, 0.3) is 0 Å². The van der Waals surface area contributed by atoms with Crippen LogP contribution in [-0.2, 0) is 20.8 Å². The Kier molecular flexibility index (Phi) is 5.77. The summed E-state index contributed by atoms with van der Waals surface area (Å²) in [4.78, 5) is 28.9. The topological polar surface area (TPSA) is 59.1 Å². The number of carbonyl (C=O) groups excluding carboxylic acids is 2. The lowest BCUT2D eigenvalue weighted by atomic mass is 9.97. The van der Waals surface area contributed by atoms with Crippen molar-refractivity contribution in [2.45, 2.75) is 45.1 Å². The molecule has 0 bridgehead atoms. The molecule has 0 radical (unpaired) electrons. The fourth-order valence-corrected chi connectivity index (χ4v) is 4.38. The number of benzene rings is 2. The number of amides is 1. The Hall–Kier alpha value is -2.86. The molecule has 30 heavy (non-hydrogen) atoms. The van der Waals surface area contributed by atoms with Crippen molar-refractivity contribution in [3.8, 4) is 0 Å². The highest BCUT2D eigenvalue weighted by molar-refractivity contribution is 5.89. The second-order valence-corrected chi connectivity index (χ2v) is 7.87. The molecule has 4 rings (SSSR count). The van der Waals surface area contributed by atoms with Gasteiger partial charge >= 0.3 is 5.97 Å². The van der Waals surface area contributed by atoms with E-state index in [1.807, 2.05) is 54.3 Å². The van der Waals surface area contributed by atoms with Gasteiger partial charge < -0.3 is 19.3 Å². The van der Waals surface area contributed by atoms with Crippen molar-refractivity contribution in [1.82, 2.24) is 4.90 Å². The minimum Gasteiger partial charge on any atom is -0.462 e. The molecule has 2 aromatic rings. The number of esters is 1. The summed E-state index contributed by atoms with van der Waals surface area (Å²) >= 11 is 0. The third-order valence-corrected chi connectivity index (χ3v) is 5.97. The van der Waals surface area contributed by atoms with Crippen LogP contribution in [-0.4, -0.2) is 48.3 Å². The lowest BCUT2D eigenvalue weighted by molar-refractivity contribution is -0.138. The molecule has 1 atom stereocenters. The van der Waals surface area contributed by atoms with Crippen LogP contribution in [0.4, 0.5) is 5.69 Å². The van der Waals surface area contributed by atoms with Crippen LogP contribution in [0, 0.1) is 0 Å². The van der Waals surface area contributed by atoms with Crippen molar-refractivity contribution < 1.29 is 19.1 Å². The molecule has 2 saturated heterocycles. The summed E-state index contributed by atoms with van der Waals surface area (Å²) in [5.41, 5.74) is 2.18. The van der Waals surface area contributed by atoms with E-state index >= 15 is 0 Å². The lowest BCUT2D eigenvalue weighted by Gasteiger charge is -2.44. The van der Waals surface area contributed by atoms with Crippen LogP contribution in [0.5, 0.6) is 0 Å². The average molecular weight is 408 g/mol. The van der Waals surface area contributed by atoms with Crippen molar-refractivity contribution in [3.63, 3.8) is 0 Å². The van der Waals surface area contributed by atoms with Crippen LogP contribution in [0.15, 0.2) is 54.6 Å². The van der Waals surface area contributed by atoms with E-state index in [0.717, 1.165) is 37.2 Å². The number of anilines is 1. The van der Waals surface area contributed by atoms with Gasteiger partial charge in [-0.1, -0.05) is 30.3 Å². The molecule has 2 aromatic carbocycles. The second-order valence-electron chi connectivity index (χ2n) is 7.87. The SMILES string of the molecule is CCOC(=O)c1ccc(N2CCC3(CC2)OC(C)C(=O)N3Cc2ccccc2)cc1. The zero-order valence-electron chi connectivity index (χ0n) is 17.5. The molecule has 0 aromatic heterocycles. The van der Waals surface area contributed by atoms with Crippen LogP contribution >= 0.6 is 0 Å². The summed E-state index contributed by atoms with van der Waals surface area (Å²) in [6.07, 6.45) is 1.08. The predicted molar refractivity (Wildman–Crippen MR) is 114 cm³/mol. The van der Waals surface area contributed by atoms with Gasteiger partial charge in [0.1, 0.15) is 11.8 Å². The van der Waals surface area contributed by atoms with E-state index in [-0.39, 0.29) is 11.9 Å². The first kappa shape index (κ1) is 20.4. The third kappa shape index (κ3) is 3.92. The lowest BCUT2D eigenvalue weighted by Crippen LogP contribution is -2.53. The van der Waals surface area contributed by atoms with Crippen LogP contribution in [0.3, 0.4) is 0 Å². The van der Waals surface area contributed by atoms with E-state index < -0.39 is 11.8 Å². The first-order chi connectivity index (χ1) is 14.5. The summed E-state index contributed by atoms with van der Waals surface area (Å²) in [6.45, 7) is 6.14. The Morgan fingerprint density at radius 2 is 1.77 bits per heavy atom. The van der Waals surface area contributed by atoms with Crippen molar-refractivity contribution in [1.29, 1.82) is 0 Å². The van der Waals surface area contributed by atoms with E-state index in [9.17, 15) is 9.59 Å². The standard InChI is InChI=1S/C24H28N2O4/c1-3-29-23(28)20-9-11-21(12-10-20)25-15-13-24(14-16-25)26(22(27)18(2)30-24)17-19-7-5-4-6-8-19/h4-12,18H,3,13-17H2,1-2H3. The van der Waals surface area contributed by atoms with Gasteiger partial charge in [-0.2, -0.15) is 0 Å². The molecule has 158 valence electrons. The second kappa shape index (κ2) is 8.48. The van der Waals surface area contributed by atoms with E-state index in [2.05, 4.69) is 4.90 Å². The largest absolute Gasteiger partial charge is 0.462 e. The van der Waals surface area contributed by atoms with Crippen molar-refractivity contribution >= 4 is 17.6 Å². The molecule has 0 N–H and O–H groups in total. The normalized spacial score (nSPS) is 20.6. The molecular weight excluding hydrogens is 380 g/mol. The zero-order chi connectivity index (χ0) is 21.1. The summed E-state index contributed by atoms with van der Waals surface area (Å²) in [5.74, 6) is -0.240. The number of hydrogen-bond donors (Lipinski definition) is 0. The Bertz CT molecular complexity index is 889. The fourth-order valence-electron chi connectivity index (χ4n) is 4.38. The van der Waals surface area contributed by atoms with Crippen LogP contribution in [0.2, 0.25) is 0 Å². The maximum absolute atomic E-state index is 12.8. The molecule has 6 heteroatoms. The third-order valence-electron chi connectivity index (χ3n) is 5.97. The molecular formula is C24H28N2O4. The molecule has 2 heterocycles. The number of nitrogens with zero attached hydrogens (tertiary/aromatic N) is 2. The van der Waals surface area contributed by atoms with Crippen LogP contribution < -0.4 is 4.90 Å². The molecule has 2 aliphatic heterocycles. The highest BCUT2D eigenvalue weighted by Gasteiger charge is 2.51. The zero-order valence-corrected chi connectivity index (χ0v) is 17.5. The van der Waals surface area contributed by atoms with Gasteiger partial charge in [0.25, 0.3) is 5.91 Å². The van der Waals surface area contributed by atoms with Crippen molar-refractivity contribution in [2.75, 3.05) is 24.6 Å². The highest BCUT2D eigenvalue weighted by Crippen LogP contribution is 2.39. The quantitative estimate of drug-likeness (QED) is 0.708. The van der Waals surface area contributed by atoms with Gasteiger partial charge in [-0.3, -0.25) is 4.79 Å². The maximum atomic E-state index is 12.8. The van der Waals surface area contributed by atoms with Gasteiger partial charge in [-0.05, 0) is 43.7 Å². The number of hydrogen-bond acceptors (Lipinski definition) is 5. The van der Waals surface area contributed by atoms with E-state index in [1.54, 1.807) is 19.1 Å². The Labute approximate surface area is 177 Å². The maximum Gasteiger partial charge on any atom is 0.338 e. The molecule has 2 aliphatic rings. The molecule has 6 nitrogen and oxygen atoms in total. The van der Waals surface area contributed by atoms with E-state index in [1.165, 1.54) is 0 Å². The monoisotopic (exact) mass is 408 g/mol. The smallest absolute Gasteiger partial charge is 0.338 e. The summed E-state index contributed by atoms with van der Waals surface area (Å²) in [6, 6.07) is 17.6. The molecule has 0 aliphatic carbocycles. The van der Waals surface area contributed by atoms with Gasteiger partial charge in [0.05, 0.1) is 12.2 Å². The Morgan fingerprint density at radius 3 is 2.40 bits per heavy atom. The predicted octanol–water partition coefficient (Wildman–Crippen LogP) is 3.61. The van der Waals surface area contributed by atoms with E-state index in [4.69, 9.17) is 9.47 Å². The Balaban J connectivity index is 1.45. The fraction of sp³-hybridized carbons (Fsp3) is 0.417. The first-order valence-electron chi connectivity index (χ1n) is 10.6.